The number of carbonyl (C=O) groups excluding carboxylic acids is 2. The standard InChI is InChI=1S/C17H13F3N2O2S/c18-17(19,20)12-9-25-13(21-12)8-22-14(23)7-16(15(22)24)6-5-10-3-1-2-4-11(10)16/h1-4,9H,5-8H2. The number of halogens is 3. The van der Waals surface area contributed by atoms with Crippen molar-refractivity contribution in [2.24, 2.45) is 0 Å². The number of carbonyl (C=O) groups is 2. The van der Waals surface area contributed by atoms with Crippen LogP contribution in [0.1, 0.15) is 34.7 Å². The van der Waals surface area contributed by atoms with Crippen LogP contribution in [0.3, 0.4) is 0 Å². The average Bonchev–Trinajstić information content (AvgIpc) is 3.23. The molecule has 2 aliphatic rings. The average molecular weight is 366 g/mol. The molecule has 25 heavy (non-hydrogen) atoms. The molecule has 1 spiro atoms. The Labute approximate surface area is 145 Å². The molecule has 1 atom stereocenters. The van der Waals surface area contributed by atoms with E-state index in [0.717, 1.165) is 39.2 Å². The Morgan fingerprint density at radius 2 is 2.00 bits per heavy atom. The molecule has 2 heterocycles. The lowest BCUT2D eigenvalue weighted by atomic mass is 9.80. The summed E-state index contributed by atoms with van der Waals surface area (Å²) >= 11 is 0.807. The van der Waals surface area contributed by atoms with Gasteiger partial charge < -0.3 is 0 Å². The normalized spacial score (nSPS) is 22.9. The summed E-state index contributed by atoms with van der Waals surface area (Å²) in [5.74, 6) is -0.684. The quantitative estimate of drug-likeness (QED) is 0.767. The predicted molar refractivity (Wildman–Crippen MR) is 83.7 cm³/mol. The van der Waals surface area contributed by atoms with Gasteiger partial charge in [0.05, 0.1) is 12.0 Å². The summed E-state index contributed by atoms with van der Waals surface area (Å²) in [5, 5.41) is 1.01. The van der Waals surface area contributed by atoms with Gasteiger partial charge in [-0.15, -0.1) is 11.3 Å². The van der Waals surface area contributed by atoms with Crippen molar-refractivity contribution in [1.29, 1.82) is 0 Å². The van der Waals surface area contributed by atoms with Crippen molar-refractivity contribution in [2.45, 2.75) is 37.4 Å². The van der Waals surface area contributed by atoms with Gasteiger partial charge in [0.2, 0.25) is 11.8 Å². The van der Waals surface area contributed by atoms with Crippen molar-refractivity contribution in [1.82, 2.24) is 9.88 Å². The zero-order valence-electron chi connectivity index (χ0n) is 13.0. The van der Waals surface area contributed by atoms with Crippen LogP contribution in [0.2, 0.25) is 0 Å². The van der Waals surface area contributed by atoms with Crippen LogP contribution in [0.25, 0.3) is 0 Å². The Morgan fingerprint density at radius 1 is 1.24 bits per heavy atom. The number of benzene rings is 1. The number of nitrogens with zero attached hydrogens (tertiary/aromatic N) is 2. The molecule has 2 aromatic rings. The van der Waals surface area contributed by atoms with Crippen molar-refractivity contribution in [3.63, 3.8) is 0 Å². The predicted octanol–water partition coefficient (Wildman–Crippen LogP) is 3.31. The van der Waals surface area contributed by atoms with E-state index in [-0.39, 0.29) is 29.8 Å². The Kier molecular flexibility index (Phi) is 3.50. The summed E-state index contributed by atoms with van der Waals surface area (Å²) in [6.07, 6.45) is -3.18. The van der Waals surface area contributed by atoms with E-state index in [4.69, 9.17) is 0 Å². The molecule has 1 fully saturated rings. The van der Waals surface area contributed by atoms with Crippen LogP contribution in [0, 0.1) is 0 Å². The van der Waals surface area contributed by atoms with Crippen LogP contribution in [-0.4, -0.2) is 21.7 Å². The molecule has 8 heteroatoms. The van der Waals surface area contributed by atoms with Crippen molar-refractivity contribution >= 4 is 23.2 Å². The van der Waals surface area contributed by atoms with Crippen molar-refractivity contribution < 1.29 is 22.8 Å². The number of rotatable bonds is 2. The largest absolute Gasteiger partial charge is 0.434 e. The van der Waals surface area contributed by atoms with E-state index in [1.165, 1.54) is 0 Å². The molecule has 130 valence electrons. The van der Waals surface area contributed by atoms with Gasteiger partial charge in [0, 0.05) is 11.8 Å². The fourth-order valence-electron chi connectivity index (χ4n) is 3.70. The smallest absolute Gasteiger partial charge is 0.275 e. The highest BCUT2D eigenvalue weighted by molar-refractivity contribution is 7.09. The first-order chi connectivity index (χ1) is 11.8. The first-order valence-electron chi connectivity index (χ1n) is 7.76. The molecule has 0 saturated carbocycles. The molecule has 1 aliphatic carbocycles. The van der Waals surface area contributed by atoms with E-state index in [2.05, 4.69) is 4.98 Å². The van der Waals surface area contributed by atoms with Crippen molar-refractivity contribution in [2.75, 3.05) is 0 Å². The van der Waals surface area contributed by atoms with Gasteiger partial charge in [-0.25, -0.2) is 4.98 Å². The zero-order valence-corrected chi connectivity index (χ0v) is 13.8. The molecule has 1 saturated heterocycles. The van der Waals surface area contributed by atoms with Gasteiger partial charge in [-0.3, -0.25) is 14.5 Å². The number of hydrogen-bond donors (Lipinski definition) is 0. The topological polar surface area (TPSA) is 50.3 Å². The lowest BCUT2D eigenvalue weighted by Gasteiger charge is -2.22. The Balaban J connectivity index is 1.62. The maximum absolute atomic E-state index is 13.0. The summed E-state index contributed by atoms with van der Waals surface area (Å²) < 4.78 is 38.0. The first kappa shape index (κ1) is 16.3. The van der Waals surface area contributed by atoms with Gasteiger partial charge in [0.1, 0.15) is 5.01 Å². The number of amides is 2. The molecular formula is C17H13F3N2O2S. The second kappa shape index (κ2) is 5.39. The van der Waals surface area contributed by atoms with Crippen LogP contribution < -0.4 is 0 Å². The van der Waals surface area contributed by atoms with Gasteiger partial charge in [-0.05, 0) is 24.0 Å². The Morgan fingerprint density at radius 3 is 2.72 bits per heavy atom. The minimum atomic E-state index is -4.53. The van der Waals surface area contributed by atoms with E-state index in [9.17, 15) is 22.8 Å². The molecule has 4 rings (SSSR count). The minimum Gasteiger partial charge on any atom is -0.275 e. The highest BCUT2D eigenvalue weighted by Crippen LogP contribution is 2.47. The highest BCUT2D eigenvalue weighted by Gasteiger charge is 2.55. The molecule has 4 nitrogen and oxygen atoms in total. The summed E-state index contributed by atoms with van der Waals surface area (Å²) in [5.41, 5.74) is 0.0650. The van der Waals surface area contributed by atoms with Gasteiger partial charge in [-0.2, -0.15) is 13.2 Å². The number of thiazole rings is 1. The lowest BCUT2D eigenvalue weighted by molar-refractivity contribution is -0.140. The first-order valence-corrected chi connectivity index (χ1v) is 8.64. The number of aromatic nitrogens is 1. The van der Waals surface area contributed by atoms with Crippen LogP contribution in [0.15, 0.2) is 29.6 Å². The van der Waals surface area contributed by atoms with E-state index >= 15 is 0 Å². The number of likely N-dealkylation sites (tertiary alicyclic amines) is 1. The fraction of sp³-hybridized carbons (Fsp3) is 0.353. The van der Waals surface area contributed by atoms with Gasteiger partial charge >= 0.3 is 6.18 Å². The number of fused-ring (bicyclic) bond motifs is 2. The van der Waals surface area contributed by atoms with Gasteiger partial charge in [0.15, 0.2) is 5.69 Å². The van der Waals surface area contributed by atoms with Crippen LogP contribution in [0.4, 0.5) is 13.2 Å². The molecule has 0 bridgehead atoms. The van der Waals surface area contributed by atoms with Crippen LogP contribution in [0.5, 0.6) is 0 Å². The maximum atomic E-state index is 13.0. The monoisotopic (exact) mass is 366 g/mol. The molecule has 2 amide bonds. The molecule has 0 radical (unpaired) electrons. The van der Waals surface area contributed by atoms with Crippen LogP contribution >= 0.6 is 11.3 Å². The van der Waals surface area contributed by atoms with Gasteiger partial charge in [0.25, 0.3) is 0 Å². The maximum Gasteiger partial charge on any atom is 0.434 e. The number of hydrogen-bond acceptors (Lipinski definition) is 4. The molecule has 0 N–H and O–H groups in total. The Bertz CT molecular complexity index is 877. The molecule has 1 aromatic heterocycles. The third-order valence-corrected chi connectivity index (χ3v) is 5.73. The second-order valence-corrected chi connectivity index (χ2v) is 7.27. The number of imide groups is 1. The molecule has 1 unspecified atom stereocenters. The molecular weight excluding hydrogens is 353 g/mol. The second-order valence-electron chi connectivity index (χ2n) is 6.33. The number of alkyl halides is 3. The van der Waals surface area contributed by atoms with Crippen LogP contribution in [-0.2, 0) is 34.1 Å². The van der Waals surface area contributed by atoms with Crippen molar-refractivity contribution in [3.8, 4) is 0 Å². The number of aryl methyl sites for hydroxylation is 1. The Hall–Kier alpha value is -2.22. The third-order valence-electron chi connectivity index (χ3n) is 4.90. The summed E-state index contributed by atoms with van der Waals surface area (Å²) in [6.45, 7) is -0.206. The summed E-state index contributed by atoms with van der Waals surface area (Å²) in [4.78, 5) is 30.0. The fourth-order valence-corrected chi connectivity index (χ4v) is 4.49. The summed E-state index contributed by atoms with van der Waals surface area (Å²) in [7, 11) is 0. The van der Waals surface area contributed by atoms with E-state index < -0.39 is 17.3 Å². The van der Waals surface area contributed by atoms with E-state index in [1.54, 1.807) is 0 Å². The lowest BCUT2D eigenvalue weighted by Crippen LogP contribution is -2.36. The molecule has 1 aliphatic heterocycles. The summed E-state index contributed by atoms with van der Waals surface area (Å²) in [6, 6.07) is 7.54. The van der Waals surface area contributed by atoms with Crippen molar-refractivity contribution in [3.05, 3.63) is 51.5 Å². The van der Waals surface area contributed by atoms with Gasteiger partial charge in [-0.1, -0.05) is 24.3 Å². The molecule has 1 aromatic carbocycles. The highest BCUT2D eigenvalue weighted by atomic mass is 32.1. The van der Waals surface area contributed by atoms with E-state index in [0.29, 0.717) is 6.42 Å². The minimum absolute atomic E-state index is 0.0698. The zero-order chi connectivity index (χ0) is 17.8. The SMILES string of the molecule is O=C1CC2(CCc3ccccc32)C(=O)N1Cc1nc(C(F)(F)F)cs1. The third kappa shape index (κ3) is 2.47. The van der Waals surface area contributed by atoms with E-state index in [1.807, 2.05) is 24.3 Å².